The molecule has 1 aliphatic heterocycles. The first-order chi connectivity index (χ1) is 14.0. The molecule has 2 aromatic carbocycles. The van der Waals surface area contributed by atoms with Crippen molar-refractivity contribution in [3.8, 4) is 0 Å². The van der Waals surface area contributed by atoms with E-state index in [-0.39, 0.29) is 23.5 Å². The van der Waals surface area contributed by atoms with Crippen LogP contribution in [-0.4, -0.2) is 24.9 Å². The van der Waals surface area contributed by atoms with E-state index in [1.54, 1.807) is 30.3 Å². The van der Waals surface area contributed by atoms with E-state index in [1.807, 2.05) is 6.92 Å². The molecule has 2 unspecified atom stereocenters. The summed E-state index contributed by atoms with van der Waals surface area (Å²) in [7, 11) is 0. The van der Waals surface area contributed by atoms with E-state index in [9.17, 15) is 14.0 Å². The highest BCUT2D eigenvalue weighted by molar-refractivity contribution is 6.07. The molecule has 2 fully saturated rings. The Morgan fingerprint density at radius 3 is 2.52 bits per heavy atom. The van der Waals surface area contributed by atoms with Gasteiger partial charge in [-0.15, -0.1) is 0 Å². The predicted octanol–water partition coefficient (Wildman–Crippen LogP) is 4.66. The fraction of sp³-hybridized carbons (Fsp3) is 0.391. The van der Waals surface area contributed by atoms with Crippen molar-refractivity contribution in [2.24, 2.45) is 11.8 Å². The van der Waals surface area contributed by atoms with E-state index in [0.29, 0.717) is 22.9 Å². The molecule has 2 N–H and O–H groups in total. The van der Waals surface area contributed by atoms with Crippen molar-refractivity contribution in [2.75, 3.05) is 28.6 Å². The first kappa shape index (κ1) is 19.4. The minimum absolute atomic E-state index is 0.00688. The number of anilines is 3. The molecular formula is C23H26FN3O2. The number of amides is 2. The third kappa shape index (κ3) is 4.58. The van der Waals surface area contributed by atoms with Crippen LogP contribution in [0.1, 0.15) is 43.0 Å². The van der Waals surface area contributed by atoms with Gasteiger partial charge in [0.25, 0.3) is 5.91 Å². The van der Waals surface area contributed by atoms with Crippen molar-refractivity contribution in [3.05, 3.63) is 53.8 Å². The third-order valence-electron chi connectivity index (χ3n) is 5.74. The Hall–Kier alpha value is -2.89. The van der Waals surface area contributed by atoms with Crippen molar-refractivity contribution in [3.63, 3.8) is 0 Å². The Bertz CT molecular complexity index is 924. The largest absolute Gasteiger partial charge is 0.370 e. The Labute approximate surface area is 170 Å². The first-order valence-electron chi connectivity index (χ1n) is 10.3. The lowest BCUT2D eigenvalue weighted by molar-refractivity contribution is -0.117. The molecule has 1 saturated carbocycles. The molecule has 29 heavy (non-hydrogen) atoms. The van der Waals surface area contributed by atoms with Gasteiger partial charge in [-0.2, -0.15) is 0 Å². The van der Waals surface area contributed by atoms with Crippen LogP contribution in [0.3, 0.4) is 0 Å². The maximum atomic E-state index is 13.9. The molecule has 2 aromatic rings. The second kappa shape index (κ2) is 8.23. The zero-order valence-corrected chi connectivity index (χ0v) is 16.6. The number of halogens is 1. The summed E-state index contributed by atoms with van der Waals surface area (Å²) in [4.78, 5) is 27.2. The molecule has 2 atom stereocenters. The third-order valence-corrected chi connectivity index (χ3v) is 5.74. The molecule has 6 heteroatoms. The second-order valence-corrected chi connectivity index (χ2v) is 8.05. The summed E-state index contributed by atoms with van der Waals surface area (Å²) in [6, 6.07) is 11.4. The Morgan fingerprint density at radius 1 is 1.03 bits per heavy atom. The van der Waals surface area contributed by atoms with Crippen LogP contribution in [0.4, 0.5) is 21.5 Å². The van der Waals surface area contributed by atoms with Gasteiger partial charge >= 0.3 is 0 Å². The van der Waals surface area contributed by atoms with Crippen molar-refractivity contribution in [2.45, 2.75) is 32.6 Å². The van der Waals surface area contributed by atoms with Crippen molar-refractivity contribution in [1.29, 1.82) is 0 Å². The van der Waals surface area contributed by atoms with Crippen LogP contribution in [-0.2, 0) is 4.79 Å². The van der Waals surface area contributed by atoms with Gasteiger partial charge in [0.1, 0.15) is 5.82 Å². The number of nitrogens with zero attached hydrogens (tertiary/aromatic N) is 1. The topological polar surface area (TPSA) is 61.4 Å². The van der Waals surface area contributed by atoms with Gasteiger partial charge in [0.2, 0.25) is 5.91 Å². The van der Waals surface area contributed by atoms with Crippen LogP contribution in [0.25, 0.3) is 0 Å². The molecule has 0 radical (unpaired) electrons. The first-order valence-corrected chi connectivity index (χ1v) is 10.3. The average Bonchev–Trinajstić information content (AvgIpc) is 3.46. The van der Waals surface area contributed by atoms with Gasteiger partial charge < -0.3 is 15.5 Å². The monoisotopic (exact) mass is 395 g/mol. The summed E-state index contributed by atoms with van der Waals surface area (Å²) in [6.07, 6.45) is 4.28. The van der Waals surface area contributed by atoms with Crippen LogP contribution in [0.15, 0.2) is 42.5 Å². The number of hydrogen-bond acceptors (Lipinski definition) is 3. The summed E-state index contributed by atoms with van der Waals surface area (Å²) in [5.74, 6) is -0.243. The molecule has 0 bridgehead atoms. The van der Waals surface area contributed by atoms with E-state index >= 15 is 0 Å². The highest BCUT2D eigenvalue weighted by Gasteiger charge is 2.39. The van der Waals surface area contributed by atoms with Gasteiger partial charge in [-0.05, 0) is 68.0 Å². The molecule has 152 valence electrons. The number of carbonyl (C=O) groups is 2. The Balaban J connectivity index is 1.50. The van der Waals surface area contributed by atoms with Gasteiger partial charge in [0, 0.05) is 30.3 Å². The number of piperidine rings is 1. The van der Waals surface area contributed by atoms with E-state index < -0.39 is 0 Å². The molecule has 0 aromatic heterocycles. The van der Waals surface area contributed by atoms with E-state index in [1.165, 1.54) is 18.6 Å². The standard InChI is InChI=1S/C23H26FN3O2/c1-15-12-19(15)23(29)25-18-7-5-6-16(13-18)22(28)26-20-14-17(24)8-9-21(20)27-10-3-2-4-11-27/h5-9,13-15,19H,2-4,10-12H2,1H3,(H,25,29)(H,26,28). The van der Waals surface area contributed by atoms with Crippen LogP contribution in [0.2, 0.25) is 0 Å². The number of nitrogens with one attached hydrogen (secondary N) is 2. The smallest absolute Gasteiger partial charge is 0.255 e. The maximum absolute atomic E-state index is 13.9. The highest BCUT2D eigenvalue weighted by Crippen LogP contribution is 2.38. The lowest BCUT2D eigenvalue weighted by Gasteiger charge is -2.30. The number of carbonyl (C=O) groups excluding carboxylic acids is 2. The fourth-order valence-corrected chi connectivity index (χ4v) is 3.87. The van der Waals surface area contributed by atoms with Gasteiger partial charge in [0.05, 0.1) is 11.4 Å². The minimum Gasteiger partial charge on any atom is -0.370 e. The normalized spacial score (nSPS) is 20.8. The summed E-state index contributed by atoms with van der Waals surface area (Å²) in [5.41, 5.74) is 2.32. The summed E-state index contributed by atoms with van der Waals surface area (Å²) < 4.78 is 13.9. The Kier molecular flexibility index (Phi) is 5.51. The number of rotatable bonds is 5. The molecule has 5 nitrogen and oxygen atoms in total. The van der Waals surface area contributed by atoms with Gasteiger partial charge in [-0.3, -0.25) is 9.59 Å². The lowest BCUT2D eigenvalue weighted by atomic mass is 10.1. The van der Waals surface area contributed by atoms with E-state index in [4.69, 9.17) is 0 Å². The van der Waals surface area contributed by atoms with E-state index in [0.717, 1.165) is 38.0 Å². The summed E-state index contributed by atoms with van der Waals surface area (Å²) in [5, 5.41) is 5.73. The molecule has 1 aliphatic carbocycles. The SMILES string of the molecule is CC1CC1C(=O)Nc1cccc(C(=O)Nc2cc(F)ccc2N2CCCCC2)c1. The van der Waals surface area contributed by atoms with E-state index in [2.05, 4.69) is 15.5 Å². The zero-order valence-electron chi connectivity index (χ0n) is 16.6. The predicted molar refractivity (Wildman–Crippen MR) is 113 cm³/mol. The zero-order chi connectivity index (χ0) is 20.4. The quantitative estimate of drug-likeness (QED) is 0.774. The molecule has 2 amide bonds. The van der Waals surface area contributed by atoms with Gasteiger partial charge in [-0.25, -0.2) is 4.39 Å². The number of benzene rings is 2. The fourth-order valence-electron chi connectivity index (χ4n) is 3.87. The molecule has 1 heterocycles. The molecule has 1 saturated heterocycles. The minimum atomic E-state index is -0.388. The molecule has 0 spiro atoms. The van der Waals surface area contributed by atoms with Gasteiger partial charge in [0.15, 0.2) is 0 Å². The van der Waals surface area contributed by atoms with Crippen LogP contribution in [0.5, 0.6) is 0 Å². The van der Waals surface area contributed by atoms with Crippen LogP contribution < -0.4 is 15.5 Å². The summed E-state index contributed by atoms with van der Waals surface area (Å²) >= 11 is 0. The van der Waals surface area contributed by atoms with Crippen molar-refractivity contribution in [1.82, 2.24) is 0 Å². The van der Waals surface area contributed by atoms with Crippen molar-refractivity contribution < 1.29 is 14.0 Å². The highest BCUT2D eigenvalue weighted by atomic mass is 19.1. The molecule has 4 rings (SSSR count). The average molecular weight is 395 g/mol. The summed E-state index contributed by atoms with van der Waals surface area (Å²) in [6.45, 7) is 3.85. The van der Waals surface area contributed by atoms with Gasteiger partial charge in [-0.1, -0.05) is 13.0 Å². The van der Waals surface area contributed by atoms with Crippen LogP contribution >= 0.6 is 0 Å². The Morgan fingerprint density at radius 2 is 1.79 bits per heavy atom. The number of hydrogen-bond donors (Lipinski definition) is 2. The maximum Gasteiger partial charge on any atom is 0.255 e. The second-order valence-electron chi connectivity index (χ2n) is 8.05. The van der Waals surface area contributed by atoms with Crippen LogP contribution in [0, 0.1) is 17.7 Å². The molecular weight excluding hydrogens is 369 g/mol. The van der Waals surface area contributed by atoms with Crippen molar-refractivity contribution >= 4 is 28.9 Å². The lowest BCUT2D eigenvalue weighted by Crippen LogP contribution is -2.30. The molecule has 2 aliphatic rings.